The Bertz CT molecular complexity index is 432. The van der Waals surface area contributed by atoms with E-state index in [0.717, 1.165) is 0 Å². The van der Waals surface area contributed by atoms with E-state index < -0.39 is 5.97 Å². The third-order valence-electron chi connectivity index (χ3n) is 2.46. The second-order valence-corrected chi connectivity index (χ2v) is 5.29. The Morgan fingerprint density at radius 2 is 2.06 bits per heavy atom. The summed E-state index contributed by atoms with van der Waals surface area (Å²) < 4.78 is 0.353. The van der Waals surface area contributed by atoms with Crippen molar-refractivity contribution in [3.63, 3.8) is 0 Å². The summed E-state index contributed by atoms with van der Waals surface area (Å²) in [7, 11) is 0. The maximum absolute atomic E-state index is 10.9. The fourth-order valence-corrected chi connectivity index (χ4v) is 2.14. The van der Waals surface area contributed by atoms with Gasteiger partial charge in [0.25, 0.3) is 0 Å². The molecular formula is C12H16BrNO3. The zero-order chi connectivity index (χ0) is 13.2. The van der Waals surface area contributed by atoms with E-state index >= 15 is 0 Å². The number of carboxylic acid groups (broad SMARTS) is 1. The van der Waals surface area contributed by atoms with E-state index in [1.165, 1.54) is 12.1 Å². The molecule has 4 N–H and O–H groups in total. The summed E-state index contributed by atoms with van der Waals surface area (Å²) >= 11 is 3.13. The van der Waals surface area contributed by atoms with Crippen LogP contribution in [0.2, 0.25) is 0 Å². The minimum atomic E-state index is -1.04. The number of aromatic hydroxyl groups is 1. The first-order valence-electron chi connectivity index (χ1n) is 5.34. The van der Waals surface area contributed by atoms with Gasteiger partial charge in [-0.05, 0) is 40.4 Å². The van der Waals surface area contributed by atoms with Gasteiger partial charge in [-0.25, -0.2) is 4.79 Å². The summed E-state index contributed by atoms with van der Waals surface area (Å²) in [6.07, 6.45) is 0.684. The van der Waals surface area contributed by atoms with Crippen LogP contribution in [0.5, 0.6) is 5.75 Å². The molecule has 0 spiro atoms. The Kier molecular flexibility index (Phi) is 4.54. The molecule has 0 aliphatic heterocycles. The van der Waals surface area contributed by atoms with Gasteiger partial charge in [0.05, 0.1) is 10.0 Å². The van der Waals surface area contributed by atoms with Crippen LogP contribution in [0.4, 0.5) is 0 Å². The second-order valence-electron chi connectivity index (χ2n) is 4.44. The van der Waals surface area contributed by atoms with E-state index in [2.05, 4.69) is 15.9 Å². The van der Waals surface area contributed by atoms with E-state index in [4.69, 9.17) is 10.8 Å². The van der Waals surface area contributed by atoms with Crippen LogP contribution in [-0.4, -0.2) is 16.2 Å². The van der Waals surface area contributed by atoms with E-state index in [9.17, 15) is 9.90 Å². The van der Waals surface area contributed by atoms with E-state index in [-0.39, 0.29) is 17.4 Å². The molecule has 17 heavy (non-hydrogen) atoms. The fraction of sp³-hybridized carbons (Fsp3) is 0.417. The van der Waals surface area contributed by atoms with Crippen molar-refractivity contribution in [2.24, 2.45) is 11.7 Å². The van der Waals surface area contributed by atoms with E-state index in [0.29, 0.717) is 22.4 Å². The number of hydrogen-bond acceptors (Lipinski definition) is 3. The molecule has 0 saturated heterocycles. The van der Waals surface area contributed by atoms with Crippen LogP contribution >= 0.6 is 15.9 Å². The zero-order valence-electron chi connectivity index (χ0n) is 9.77. The van der Waals surface area contributed by atoms with Crippen molar-refractivity contribution < 1.29 is 15.0 Å². The Labute approximate surface area is 109 Å². The van der Waals surface area contributed by atoms with Crippen molar-refractivity contribution in [1.82, 2.24) is 0 Å². The topological polar surface area (TPSA) is 83.6 Å². The van der Waals surface area contributed by atoms with Gasteiger partial charge in [-0.2, -0.15) is 0 Å². The first-order valence-corrected chi connectivity index (χ1v) is 6.13. The van der Waals surface area contributed by atoms with E-state index in [1.807, 2.05) is 13.8 Å². The van der Waals surface area contributed by atoms with Crippen molar-refractivity contribution in [1.29, 1.82) is 0 Å². The predicted octanol–water partition coefficient (Wildman–Crippen LogP) is 2.90. The number of carboxylic acids is 1. The van der Waals surface area contributed by atoms with Crippen LogP contribution in [0.1, 0.15) is 42.2 Å². The van der Waals surface area contributed by atoms with Crippen LogP contribution < -0.4 is 5.73 Å². The highest BCUT2D eigenvalue weighted by molar-refractivity contribution is 9.10. The molecule has 0 aliphatic rings. The second kappa shape index (κ2) is 5.51. The Hall–Kier alpha value is -1.07. The zero-order valence-corrected chi connectivity index (χ0v) is 11.4. The molecular weight excluding hydrogens is 286 g/mol. The molecule has 0 saturated carbocycles. The molecule has 94 valence electrons. The standard InChI is InChI=1S/C12H16BrNO3/c1-6(2)3-10(14)8-4-7(12(16)17)5-9(13)11(8)15/h4-6,10,15H,3,14H2,1-2H3,(H,16,17)/t10-/m0/s1. The van der Waals surface area contributed by atoms with Crippen LogP contribution in [0.25, 0.3) is 0 Å². The maximum Gasteiger partial charge on any atom is 0.335 e. The van der Waals surface area contributed by atoms with Crippen molar-refractivity contribution in [2.45, 2.75) is 26.3 Å². The summed E-state index contributed by atoms with van der Waals surface area (Å²) in [5, 5.41) is 18.8. The SMILES string of the molecule is CC(C)C[C@H](N)c1cc(C(=O)O)cc(Br)c1O. The summed E-state index contributed by atoms with van der Waals surface area (Å²) in [6.45, 7) is 4.04. The molecule has 5 heteroatoms. The van der Waals surface area contributed by atoms with Crippen molar-refractivity contribution in [3.8, 4) is 5.75 Å². The number of nitrogens with two attached hydrogens (primary N) is 1. The number of aromatic carboxylic acids is 1. The summed E-state index contributed by atoms with van der Waals surface area (Å²) in [6, 6.07) is 2.42. The molecule has 0 unspecified atom stereocenters. The minimum absolute atomic E-state index is 0.0168. The van der Waals surface area contributed by atoms with Crippen LogP contribution in [0.3, 0.4) is 0 Å². The molecule has 0 amide bonds. The van der Waals surface area contributed by atoms with Gasteiger partial charge in [-0.1, -0.05) is 13.8 Å². The number of phenolic OH excluding ortho intramolecular Hbond substituents is 1. The molecule has 0 heterocycles. The van der Waals surface area contributed by atoms with E-state index in [1.54, 1.807) is 0 Å². The maximum atomic E-state index is 10.9. The lowest BCUT2D eigenvalue weighted by Crippen LogP contribution is -2.14. The monoisotopic (exact) mass is 301 g/mol. The number of halogens is 1. The predicted molar refractivity (Wildman–Crippen MR) is 69.1 cm³/mol. The largest absolute Gasteiger partial charge is 0.506 e. The lowest BCUT2D eigenvalue weighted by molar-refractivity contribution is 0.0696. The summed E-state index contributed by atoms with van der Waals surface area (Å²) in [4.78, 5) is 10.9. The number of carbonyl (C=O) groups is 1. The van der Waals surface area contributed by atoms with Crippen LogP contribution in [0, 0.1) is 5.92 Å². The fourth-order valence-electron chi connectivity index (χ4n) is 1.66. The molecule has 0 bridgehead atoms. The molecule has 1 rings (SSSR count). The number of hydrogen-bond donors (Lipinski definition) is 3. The Morgan fingerprint density at radius 1 is 1.47 bits per heavy atom. The van der Waals surface area contributed by atoms with Gasteiger partial charge in [-0.15, -0.1) is 0 Å². The van der Waals surface area contributed by atoms with Gasteiger partial charge >= 0.3 is 5.97 Å². The Morgan fingerprint density at radius 3 is 2.53 bits per heavy atom. The summed E-state index contributed by atoms with van der Waals surface area (Å²) in [5.74, 6) is -0.650. The molecule has 1 atom stereocenters. The quantitative estimate of drug-likeness (QED) is 0.798. The average molecular weight is 302 g/mol. The van der Waals surface area contributed by atoms with Gasteiger partial charge in [0.1, 0.15) is 5.75 Å². The third kappa shape index (κ3) is 3.44. The summed E-state index contributed by atoms with van der Waals surface area (Å²) in [5.41, 5.74) is 6.54. The number of rotatable bonds is 4. The average Bonchev–Trinajstić information content (AvgIpc) is 2.20. The molecule has 1 aromatic rings. The first kappa shape index (κ1) is 14.0. The molecule has 1 aromatic carbocycles. The first-order chi connectivity index (χ1) is 7.82. The molecule has 0 aliphatic carbocycles. The highest BCUT2D eigenvalue weighted by Gasteiger charge is 2.18. The van der Waals surface area contributed by atoms with Crippen molar-refractivity contribution >= 4 is 21.9 Å². The van der Waals surface area contributed by atoms with Gasteiger partial charge in [0.2, 0.25) is 0 Å². The molecule has 0 aromatic heterocycles. The lowest BCUT2D eigenvalue weighted by atomic mass is 9.96. The number of benzene rings is 1. The molecule has 0 fully saturated rings. The van der Waals surface area contributed by atoms with Crippen LogP contribution in [-0.2, 0) is 0 Å². The highest BCUT2D eigenvalue weighted by atomic mass is 79.9. The van der Waals surface area contributed by atoms with Crippen molar-refractivity contribution in [3.05, 3.63) is 27.7 Å². The van der Waals surface area contributed by atoms with Gasteiger partial charge in [0.15, 0.2) is 0 Å². The lowest BCUT2D eigenvalue weighted by Gasteiger charge is -2.17. The Balaban J connectivity index is 3.17. The van der Waals surface area contributed by atoms with Crippen LogP contribution in [0.15, 0.2) is 16.6 Å². The number of phenols is 1. The minimum Gasteiger partial charge on any atom is -0.506 e. The third-order valence-corrected chi connectivity index (χ3v) is 3.07. The van der Waals surface area contributed by atoms with Crippen molar-refractivity contribution in [2.75, 3.05) is 0 Å². The molecule has 0 radical (unpaired) electrons. The van der Waals surface area contributed by atoms with Gasteiger partial charge < -0.3 is 15.9 Å². The highest BCUT2D eigenvalue weighted by Crippen LogP contribution is 2.34. The van der Waals surface area contributed by atoms with Gasteiger partial charge in [0, 0.05) is 11.6 Å². The van der Waals surface area contributed by atoms with Gasteiger partial charge in [-0.3, -0.25) is 0 Å². The normalized spacial score (nSPS) is 12.8. The molecule has 4 nitrogen and oxygen atoms in total. The smallest absolute Gasteiger partial charge is 0.335 e.